The standard InChI is InChI=1S/C17H26N2O3S/c1-4-14(3)15-6-8-16(9-7-15)23(21,22)19-12-10-18(11-13-19)17(20)5-2/h6-9,14H,4-5,10-13H2,1-3H3. The van der Waals surface area contributed by atoms with Gasteiger partial charge in [-0.25, -0.2) is 8.42 Å². The Morgan fingerprint density at radius 2 is 1.65 bits per heavy atom. The van der Waals surface area contributed by atoms with Crippen LogP contribution in [0.1, 0.15) is 45.1 Å². The predicted octanol–water partition coefficient (Wildman–Crippen LogP) is 2.44. The molecule has 0 aliphatic carbocycles. The molecule has 1 aromatic rings. The normalized spacial score (nSPS) is 18.0. The minimum Gasteiger partial charge on any atom is -0.340 e. The molecule has 0 bridgehead atoms. The lowest BCUT2D eigenvalue weighted by molar-refractivity contribution is -0.132. The molecule has 1 amide bonds. The number of hydrogen-bond donors (Lipinski definition) is 0. The molecule has 128 valence electrons. The summed E-state index contributed by atoms with van der Waals surface area (Å²) in [6.45, 7) is 7.74. The Kier molecular flexibility index (Phi) is 5.81. The van der Waals surface area contributed by atoms with Crippen molar-refractivity contribution < 1.29 is 13.2 Å². The highest BCUT2D eigenvalue weighted by Crippen LogP contribution is 2.23. The Hall–Kier alpha value is -1.40. The molecule has 0 N–H and O–H groups in total. The SMILES string of the molecule is CCC(=O)N1CCN(S(=O)(=O)c2ccc(C(C)CC)cc2)CC1. The van der Waals surface area contributed by atoms with Crippen molar-refractivity contribution in [2.75, 3.05) is 26.2 Å². The number of benzene rings is 1. The zero-order chi connectivity index (χ0) is 17.0. The molecule has 1 aliphatic heterocycles. The maximum absolute atomic E-state index is 12.7. The largest absolute Gasteiger partial charge is 0.340 e. The summed E-state index contributed by atoms with van der Waals surface area (Å²) in [6, 6.07) is 7.19. The van der Waals surface area contributed by atoms with Gasteiger partial charge in [0.15, 0.2) is 0 Å². The molecule has 1 atom stereocenters. The van der Waals surface area contributed by atoms with E-state index >= 15 is 0 Å². The lowest BCUT2D eigenvalue weighted by atomic mass is 9.99. The molecule has 2 rings (SSSR count). The van der Waals surface area contributed by atoms with Gasteiger partial charge in [-0.15, -0.1) is 0 Å². The second-order valence-electron chi connectivity index (χ2n) is 6.02. The first-order valence-corrected chi connectivity index (χ1v) is 9.72. The molecular formula is C17H26N2O3S. The Morgan fingerprint density at radius 3 is 2.13 bits per heavy atom. The van der Waals surface area contributed by atoms with Gasteiger partial charge in [0, 0.05) is 32.6 Å². The molecular weight excluding hydrogens is 312 g/mol. The first-order chi connectivity index (χ1) is 10.9. The fourth-order valence-electron chi connectivity index (χ4n) is 2.75. The van der Waals surface area contributed by atoms with Crippen molar-refractivity contribution in [2.24, 2.45) is 0 Å². The van der Waals surface area contributed by atoms with Crippen LogP contribution in [-0.2, 0) is 14.8 Å². The number of nitrogens with zero attached hydrogens (tertiary/aromatic N) is 2. The molecule has 6 heteroatoms. The summed E-state index contributed by atoms with van der Waals surface area (Å²) in [5, 5.41) is 0. The first kappa shape index (κ1) is 17.9. The van der Waals surface area contributed by atoms with Crippen LogP contribution >= 0.6 is 0 Å². The fourth-order valence-corrected chi connectivity index (χ4v) is 4.18. The number of sulfonamides is 1. The maximum atomic E-state index is 12.7. The molecule has 23 heavy (non-hydrogen) atoms. The zero-order valence-electron chi connectivity index (χ0n) is 14.2. The molecule has 0 radical (unpaired) electrons. The van der Waals surface area contributed by atoms with Crippen molar-refractivity contribution in [1.29, 1.82) is 0 Å². The molecule has 0 spiro atoms. The van der Waals surface area contributed by atoms with E-state index < -0.39 is 10.0 Å². The third kappa shape index (κ3) is 3.93. The van der Waals surface area contributed by atoms with E-state index in [1.807, 2.05) is 19.1 Å². The van der Waals surface area contributed by atoms with Crippen molar-refractivity contribution in [3.05, 3.63) is 29.8 Å². The van der Waals surface area contributed by atoms with E-state index in [9.17, 15) is 13.2 Å². The van der Waals surface area contributed by atoms with Gasteiger partial charge >= 0.3 is 0 Å². The Labute approximate surface area is 139 Å². The highest BCUT2D eigenvalue weighted by Gasteiger charge is 2.29. The lowest BCUT2D eigenvalue weighted by Gasteiger charge is -2.34. The van der Waals surface area contributed by atoms with Crippen LogP contribution in [0.5, 0.6) is 0 Å². The summed E-state index contributed by atoms with van der Waals surface area (Å²) in [5.41, 5.74) is 1.16. The number of carbonyl (C=O) groups excluding carboxylic acids is 1. The molecule has 1 heterocycles. The highest BCUT2D eigenvalue weighted by molar-refractivity contribution is 7.89. The molecule has 0 saturated carbocycles. The van der Waals surface area contributed by atoms with Crippen molar-refractivity contribution in [1.82, 2.24) is 9.21 Å². The Bertz CT molecular complexity index is 632. The monoisotopic (exact) mass is 338 g/mol. The average Bonchev–Trinajstić information content (AvgIpc) is 2.60. The van der Waals surface area contributed by atoms with Crippen LogP contribution in [0.3, 0.4) is 0 Å². The molecule has 1 aromatic carbocycles. The number of hydrogen-bond acceptors (Lipinski definition) is 3. The molecule has 0 aromatic heterocycles. The van der Waals surface area contributed by atoms with Crippen LogP contribution in [-0.4, -0.2) is 49.7 Å². The Morgan fingerprint density at radius 1 is 1.09 bits per heavy atom. The number of rotatable bonds is 5. The summed E-state index contributed by atoms with van der Waals surface area (Å²) < 4.78 is 26.9. The van der Waals surface area contributed by atoms with Crippen LogP contribution < -0.4 is 0 Å². The average molecular weight is 338 g/mol. The zero-order valence-corrected chi connectivity index (χ0v) is 15.0. The highest BCUT2D eigenvalue weighted by atomic mass is 32.2. The minimum absolute atomic E-state index is 0.0833. The van der Waals surface area contributed by atoms with Crippen LogP contribution in [0.25, 0.3) is 0 Å². The summed E-state index contributed by atoms with van der Waals surface area (Å²) in [4.78, 5) is 13.7. The molecule has 1 saturated heterocycles. The van der Waals surface area contributed by atoms with Gasteiger partial charge in [0.2, 0.25) is 15.9 Å². The van der Waals surface area contributed by atoms with Crippen LogP contribution in [0.2, 0.25) is 0 Å². The van der Waals surface area contributed by atoms with Crippen molar-refractivity contribution in [3.63, 3.8) is 0 Å². The molecule has 1 aliphatic rings. The van der Waals surface area contributed by atoms with Crippen LogP contribution in [0.4, 0.5) is 0 Å². The minimum atomic E-state index is -3.47. The van der Waals surface area contributed by atoms with E-state index in [2.05, 4.69) is 13.8 Å². The Balaban J connectivity index is 2.09. The van der Waals surface area contributed by atoms with Gasteiger partial charge in [-0.1, -0.05) is 32.9 Å². The van der Waals surface area contributed by atoms with Gasteiger partial charge in [0.05, 0.1) is 4.90 Å². The quantitative estimate of drug-likeness (QED) is 0.828. The van der Waals surface area contributed by atoms with Gasteiger partial charge in [0.25, 0.3) is 0 Å². The number of amides is 1. The van der Waals surface area contributed by atoms with Crippen LogP contribution in [0.15, 0.2) is 29.2 Å². The second kappa shape index (κ2) is 7.45. The van der Waals surface area contributed by atoms with Gasteiger partial charge in [-0.3, -0.25) is 4.79 Å². The van der Waals surface area contributed by atoms with Gasteiger partial charge in [0.1, 0.15) is 0 Å². The predicted molar refractivity (Wildman–Crippen MR) is 90.8 cm³/mol. The van der Waals surface area contributed by atoms with Crippen molar-refractivity contribution in [3.8, 4) is 0 Å². The van der Waals surface area contributed by atoms with Gasteiger partial charge in [-0.05, 0) is 30.0 Å². The van der Waals surface area contributed by atoms with E-state index in [0.29, 0.717) is 43.4 Å². The smallest absolute Gasteiger partial charge is 0.243 e. The van der Waals surface area contributed by atoms with Crippen LogP contribution in [0, 0.1) is 0 Å². The number of piperazine rings is 1. The van der Waals surface area contributed by atoms with Crippen molar-refractivity contribution in [2.45, 2.75) is 44.4 Å². The molecule has 5 nitrogen and oxygen atoms in total. The number of carbonyl (C=O) groups is 1. The topological polar surface area (TPSA) is 57.7 Å². The second-order valence-corrected chi connectivity index (χ2v) is 7.95. The lowest BCUT2D eigenvalue weighted by Crippen LogP contribution is -2.50. The van der Waals surface area contributed by atoms with E-state index in [-0.39, 0.29) is 5.91 Å². The summed E-state index contributed by atoms with van der Waals surface area (Å²) in [7, 11) is -3.47. The first-order valence-electron chi connectivity index (χ1n) is 8.28. The summed E-state index contributed by atoms with van der Waals surface area (Å²) >= 11 is 0. The summed E-state index contributed by atoms with van der Waals surface area (Å²) in [5.74, 6) is 0.510. The summed E-state index contributed by atoms with van der Waals surface area (Å²) in [6.07, 6.45) is 1.49. The fraction of sp³-hybridized carbons (Fsp3) is 0.588. The van der Waals surface area contributed by atoms with E-state index in [0.717, 1.165) is 12.0 Å². The van der Waals surface area contributed by atoms with E-state index in [4.69, 9.17) is 0 Å². The van der Waals surface area contributed by atoms with E-state index in [1.54, 1.807) is 17.0 Å². The molecule has 1 fully saturated rings. The van der Waals surface area contributed by atoms with Crippen molar-refractivity contribution >= 4 is 15.9 Å². The third-order valence-corrected chi connectivity index (χ3v) is 6.51. The maximum Gasteiger partial charge on any atom is 0.243 e. The van der Waals surface area contributed by atoms with Gasteiger partial charge in [-0.2, -0.15) is 4.31 Å². The van der Waals surface area contributed by atoms with E-state index in [1.165, 1.54) is 4.31 Å². The third-order valence-electron chi connectivity index (χ3n) is 4.59. The molecule has 1 unspecified atom stereocenters. The van der Waals surface area contributed by atoms with Gasteiger partial charge < -0.3 is 4.90 Å².